The maximum Gasteiger partial charge on any atom is 0.166 e. The van der Waals surface area contributed by atoms with Gasteiger partial charge < -0.3 is 5.73 Å². The molecule has 2 N–H and O–H groups in total. The lowest BCUT2D eigenvalue weighted by Gasteiger charge is -2.17. The zero-order valence-electron chi connectivity index (χ0n) is 8.32. The molecule has 1 nitrogen and oxygen atoms in total. The van der Waals surface area contributed by atoms with Crippen LogP contribution >= 0.6 is 0 Å². The average Bonchev–Trinajstić information content (AvgIpc) is 2.15. The molecule has 0 heterocycles. The van der Waals surface area contributed by atoms with Gasteiger partial charge in [-0.1, -0.05) is 13.8 Å². The first kappa shape index (κ1) is 12.0. The summed E-state index contributed by atoms with van der Waals surface area (Å²) in [5, 5.41) is 0. The molecule has 0 aliphatic rings. The maximum absolute atomic E-state index is 13.2. The third-order valence-electron chi connectivity index (χ3n) is 2.20. The highest BCUT2D eigenvalue weighted by Crippen LogP contribution is 2.27. The summed E-state index contributed by atoms with van der Waals surface area (Å²) in [7, 11) is 0. The first-order chi connectivity index (χ1) is 6.86. The summed E-state index contributed by atoms with van der Waals surface area (Å²) >= 11 is 0. The Morgan fingerprint density at radius 2 is 1.40 bits per heavy atom. The Kier molecular flexibility index (Phi) is 3.34. The molecule has 0 bridgehead atoms. The van der Waals surface area contributed by atoms with E-state index in [4.69, 9.17) is 5.73 Å². The lowest BCUT2D eigenvalue weighted by atomic mass is 9.96. The van der Waals surface area contributed by atoms with E-state index in [-0.39, 0.29) is 12.0 Å². The van der Waals surface area contributed by atoms with Gasteiger partial charge >= 0.3 is 0 Å². The molecule has 0 aliphatic heterocycles. The lowest BCUT2D eigenvalue weighted by molar-refractivity contribution is 0.401. The second-order valence-corrected chi connectivity index (χ2v) is 3.65. The monoisotopic (exact) mass is 221 g/mol. The molecule has 0 amide bonds. The van der Waals surface area contributed by atoms with E-state index in [1.54, 1.807) is 13.8 Å². The molecule has 84 valence electrons. The van der Waals surface area contributed by atoms with Gasteiger partial charge in [-0.2, -0.15) is 0 Å². The molecule has 0 saturated heterocycles. The van der Waals surface area contributed by atoms with Crippen molar-refractivity contribution >= 4 is 0 Å². The fraction of sp³-hybridized carbons (Fsp3) is 0.400. The molecule has 0 fully saturated rings. The van der Waals surface area contributed by atoms with E-state index in [9.17, 15) is 17.6 Å². The van der Waals surface area contributed by atoms with Gasteiger partial charge in [-0.25, -0.2) is 17.6 Å². The van der Waals surface area contributed by atoms with Gasteiger partial charge in [0.05, 0.1) is 0 Å². The molecule has 1 aromatic rings. The van der Waals surface area contributed by atoms with Crippen molar-refractivity contribution in [3.05, 3.63) is 34.9 Å². The van der Waals surface area contributed by atoms with Gasteiger partial charge in [-0.3, -0.25) is 0 Å². The minimum absolute atomic E-state index is 0.168. The van der Waals surface area contributed by atoms with Crippen molar-refractivity contribution in [2.75, 3.05) is 0 Å². The Morgan fingerprint density at radius 3 is 1.73 bits per heavy atom. The van der Waals surface area contributed by atoms with E-state index >= 15 is 0 Å². The van der Waals surface area contributed by atoms with Crippen LogP contribution in [0.3, 0.4) is 0 Å². The fourth-order valence-corrected chi connectivity index (χ4v) is 1.22. The quantitative estimate of drug-likeness (QED) is 0.603. The van der Waals surface area contributed by atoms with Crippen LogP contribution in [-0.4, -0.2) is 0 Å². The molecule has 0 radical (unpaired) electrons. The molecule has 0 spiro atoms. The zero-order chi connectivity index (χ0) is 11.7. The van der Waals surface area contributed by atoms with Crippen LogP contribution in [0.1, 0.15) is 25.5 Å². The van der Waals surface area contributed by atoms with Crippen LogP contribution in [0.15, 0.2) is 6.07 Å². The highest BCUT2D eigenvalue weighted by molar-refractivity contribution is 5.25. The van der Waals surface area contributed by atoms with Crippen molar-refractivity contribution < 1.29 is 17.6 Å². The molecule has 5 heteroatoms. The van der Waals surface area contributed by atoms with Gasteiger partial charge in [-0.15, -0.1) is 0 Å². The molecule has 1 atom stereocenters. The van der Waals surface area contributed by atoms with Gasteiger partial charge in [0.2, 0.25) is 0 Å². The van der Waals surface area contributed by atoms with Crippen LogP contribution in [0, 0.1) is 29.2 Å². The summed E-state index contributed by atoms with van der Waals surface area (Å²) in [5.41, 5.74) is 4.73. The summed E-state index contributed by atoms with van der Waals surface area (Å²) in [6.45, 7) is 3.21. The van der Waals surface area contributed by atoms with Crippen LogP contribution in [0.25, 0.3) is 0 Å². The smallest absolute Gasteiger partial charge is 0.166 e. The number of nitrogens with two attached hydrogens (primary N) is 1. The first-order valence-electron chi connectivity index (χ1n) is 4.44. The standard InChI is InChI=1S/C10H11F4N/c1-4(2)10(15)7-8(13)5(11)3-6(12)9(7)14/h3-4,10H,15H2,1-2H3. The summed E-state index contributed by atoms with van der Waals surface area (Å²) < 4.78 is 52.0. The average molecular weight is 221 g/mol. The van der Waals surface area contributed by atoms with Crippen molar-refractivity contribution in [2.45, 2.75) is 19.9 Å². The van der Waals surface area contributed by atoms with E-state index in [1.165, 1.54) is 0 Å². The normalized spacial score (nSPS) is 13.3. The predicted molar refractivity (Wildman–Crippen MR) is 48.0 cm³/mol. The summed E-state index contributed by atoms with van der Waals surface area (Å²) in [4.78, 5) is 0. The minimum atomic E-state index is -1.43. The number of rotatable bonds is 2. The van der Waals surface area contributed by atoms with Crippen molar-refractivity contribution in [3.8, 4) is 0 Å². The molecule has 1 unspecified atom stereocenters. The number of hydrogen-bond donors (Lipinski definition) is 1. The maximum atomic E-state index is 13.2. The number of halogens is 4. The second kappa shape index (κ2) is 4.18. The molecule has 0 aliphatic carbocycles. The minimum Gasteiger partial charge on any atom is -0.324 e. The molecule has 1 rings (SSSR count). The summed E-state index contributed by atoms with van der Waals surface area (Å²) in [6.07, 6.45) is 0. The van der Waals surface area contributed by atoms with E-state index in [2.05, 4.69) is 0 Å². The van der Waals surface area contributed by atoms with Crippen molar-refractivity contribution in [1.29, 1.82) is 0 Å². The van der Waals surface area contributed by atoms with Crippen molar-refractivity contribution in [1.82, 2.24) is 0 Å². The third kappa shape index (κ3) is 2.12. The Hall–Kier alpha value is -1.10. The van der Waals surface area contributed by atoms with E-state index in [1.807, 2.05) is 0 Å². The molecular weight excluding hydrogens is 210 g/mol. The van der Waals surface area contributed by atoms with E-state index in [0.29, 0.717) is 0 Å². The highest BCUT2D eigenvalue weighted by Gasteiger charge is 2.25. The predicted octanol–water partition coefficient (Wildman–Crippen LogP) is 2.90. The molecule has 0 aromatic heterocycles. The Labute approximate surface area is 84.9 Å². The lowest BCUT2D eigenvalue weighted by Crippen LogP contribution is -2.21. The largest absolute Gasteiger partial charge is 0.324 e. The van der Waals surface area contributed by atoms with Crippen molar-refractivity contribution in [3.63, 3.8) is 0 Å². The number of benzene rings is 1. The Bertz CT molecular complexity index is 350. The van der Waals surface area contributed by atoms with E-state index < -0.39 is 34.9 Å². The summed E-state index contributed by atoms with van der Waals surface area (Å²) in [5.74, 6) is -6.03. The van der Waals surface area contributed by atoms with Crippen LogP contribution < -0.4 is 5.73 Å². The Balaban J connectivity index is 3.39. The third-order valence-corrected chi connectivity index (χ3v) is 2.20. The van der Waals surface area contributed by atoms with Crippen LogP contribution in [-0.2, 0) is 0 Å². The Morgan fingerprint density at radius 1 is 1.00 bits per heavy atom. The van der Waals surface area contributed by atoms with E-state index in [0.717, 1.165) is 0 Å². The van der Waals surface area contributed by atoms with Crippen molar-refractivity contribution in [2.24, 2.45) is 11.7 Å². The molecule has 1 aromatic carbocycles. The van der Waals surface area contributed by atoms with Crippen LogP contribution in [0.5, 0.6) is 0 Å². The van der Waals surface area contributed by atoms with Crippen LogP contribution in [0.2, 0.25) is 0 Å². The second-order valence-electron chi connectivity index (χ2n) is 3.65. The van der Waals surface area contributed by atoms with Gasteiger partial charge in [0.15, 0.2) is 23.3 Å². The van der Waals surface area contributed by atoms with Crippen LogP contribution in [0.4, 0.5) is 17.6 Å². The van der Waals surface area contributed by atoms with Gasteiger partial charge in [0, 0.05) is 17.7 Å². The van der Waals surface area contributed by atoms with Gasteiger partial charge in [0.1, 0.15) is 0 Å². The first-order valence-corrected chi connectivity index (χ1v) is 4.44. The molecule has 0 saturated carbocycles. The zero-order valence-corrected chi connectivity index (χ0v) is 8.32. The van der Waals surface area contributed by atoms with Gasteiger partial charge in [-0.05, 0) is 5.92 Å². The fourth-order valence-electron chi connectivity index (χ4n) is 1.22. The topological polar surface area (TPSA) is 26.0 Å². The number of hydrogen-bond acceptors (Lipinski definition) is 1. The SMILES string of the molecule is CC(C)C(N)c1c(F)c(F)cc(F)c1F. The molecule has 15 heavy (non-hydrogen) atoms. The molecular formula is C10H11F4N. The summed E-state index contributed by atoms with van der Waals surface area (Å²) in [6, 6.07) is -0.906. The highest BCUT2D eigenvalue weighted by atomic mass is 19.2. The van der Waals surface area contributed by atoms with Gasteiger partial charge in [0.25, 0.3) is 0 Å².